The Morgan fingerprint density at radius 1 is 1.17 bits per heavy atom. The fourth-order valence-electron chi connectivity index (χ4n) is 3.47. The van der Waals surface area contributed by atoms with E-state index in [4.69, 9.17) is 15.2 Å². The number of carbonyl (C=O) groups excluding carboxylic acids is 3. The van der Waals surface area contributed by atoms with Crippen molar-refractivity contribution in [2.45, 2.75) is 18.4 Å². The van der Waals surface area contributed by atoms with Crippen LogP contribution in [0.2, 0.25) is 0 Å². The topological polar surface area (TPSA) is 123 Å². The van der Waals surface area contributed by atoms with Crippen LogP contribution < -0.4 is 21.1 Å². The van der Waals surface area contributed by atoms with Crippen LogP contribution in [0.5, 0.6) is 5.75 Å². The number of nitrogens with two attached hydrogens (primary N) is 1. The Morgan fingerprint density at radius 2 is 1.89 bits per heavy atom. The fourth-order valence-corrected chi connectivity index (χ4v) is 3.47. The number of rotatable bonds is 7. The van der Waals surface area contributed by atoms with Gasteiger partial charge in [0.25, 0.3) is 11.8 Å². The lowest BCUT2D eigenvalue weighted by Gasteiger charge is -2.35. The van der Waals surface area contributed by atoms with E-state index in [9.17, 15) is 27.6 Å². The number of hydrogen-bond donors (Lipinski definition) is 3. The lowest BCUT2D eigenvalue weighted by Crippen LogP contribution is -2.53. The van der Waals surface area contributed by atoms with E-state index in [1.165, 1.54) is 31.4 Å². The number of alkyl halides is 3. The minimum atomic E-state index is -5.05. The van der Waals surface area contributed by atoms with Gasteiger partial charge in [-0.2, -0.15) is 13.2 Å². The summed E-state index contributed by atoms with van der Waals surface area (Å²) < 4.78 is 47.8. The molecule has 2 atom stereocenters. The average Bonchev–Trinajstić information content (AvgIpc) is 2.86. The molecule has 0 spiro atoms. The minimum absolute atomic E-state index is 0.122. The van der Waals surface area contributed by atoms with Crippen LogP contribution in [-0.2, 0) is 9.53 Å². The predicted octanol–water partition coefficient (Wildman–Crippen LogP) is 1.60. The third-order valence-corrected chi connectivity index (χ3v) is 5.38. The summed E-state index contributed by atoms with van der Waals surface area (Å²) >= 11 is 0. The van der Waals surface area contributed by atoms with Crippen molar-refractivity contribution in [2.75, 3.05) is 33.4 Å². The summed E-state index contributed by atoms with van der Waals surface area (Å²) in [7, 11) is 1.51. The lowest BCUT2D eigenvalue weighted by atomic mass is 10.1. The number of methoxy groups -OCH3 is 1. The van der Waals surface area contributed by atoms with Crippen molar-refractivity contribution in [3.05, 3.63) is 65.2 Å². The normalized spacial score (nSPS) is 16.8. The van der Waals surface area contributed by atoms with Gasteiger partial charge in [0.1, 0.15) is 11.9 Å². The number of amides is 3. The van der Waals surface area contributed by atoms with Gasteiger partial charge in [0.15, 0.2) is 0 Å². The lowest BCUT2D eigenvalue weighted by molar-refractivity contribution is -0.174. The molecule has 2 aromatic carbocycles. The smallest absolute Gasteiger partial charge is 0.471 e. The molecule has 1 saturated heterocycles. The average molecular weight is 494 g/mol. The molecular formula is C23H25F3N4O5. The van der Waals surface area contributed by atoms with E-state index in [1.807, 2.05) is 0 Å². The highest BCUT2D eigenvalue weighted by atomic mass is 19.4. The second kappa shape index (κ2) is 11.2. The molecule has 2 unspecified atom stereocenters. The van der Waals surface area contributed by atoms with Crippen LogP contribution in [0.15, 0.2) is 48.5 Å². The largest absolute Gasteiger partial charge is 0.497 e. The van der Waals surface area contributed by atoms with Crippen LogP contribution in [0.25, 0.3) is 0 Å². The maximum atomic E-state index is 13.0. The van der Waals surface area contributed by atoms with E-state index < -0.39 is 30.2 Å². The first-order chi connectivity index (χ1) is 16.6. The zero-order valence-corrected chi connectivity index (χ0v) is 18.8. The molecule has 3 rings (SSSR count). The zero-order valence-electron chi connectivity index (χ0n) is 18.8. The van der Waals surface area contributed by atoms with Crippen LogP contribution in [0.3, 0.4) is 0 Å². The molecule has 0 aliphatic carbocycles. The highest BCUT2D eigenvalue weighted by Crippen LogP contribution is 2.19. The standard InChI is InChI=1S/C23H25F3N4O5/c1-34-18-4-2-3-16(11-18)21(32)30-9-10-35-13-17(30)12-28-20(31)15-7-5-14(6-8-15)19(27)29-22(33)23(24,25)26/h2-8,11,17,19H,9-10,12-13,27H2,1H3,(H,28,31)(H,29,33). The van der Waals surface area contributed by atoms with Crippen molar-refractivity contribution >= 4 is 17.7 Å². The third-order valence-electron chi connectivity index (χ3n) is 5.38. The molecule has 12 heteroatoms. The molecule has 2 aromatic rings. The minimum Gasteiger partial charge on any atom is -0.497 e. The molecule has 0 radical (unpaired) electrons. The van der Waals surface area contributed by atoms with Gasteiger partial charge in [0, 0.05) is 24.2 Å². The van der Waals surface area contributed by atoms with Gasteiger partial charge in [-0.3, -0.25) is 14.4 Å². The van der Waals surface area contributed by atoms with Crippen LogP contribution >= 0.6 is 0 Å². The van der Waals surface area contributed by atoms with Gasteiger partial charge < -0.3 is 30.7 Å². The van der Waals surface area contributed by atoms with Crippen molar-refractivity contribution < 1.29 is 37.0 Å². The molecule has 3 amide bonds. The van der Waals surface area contributed by atoms with Crippen molar-refractivity contribution in [2.24, 2.45) is 5.73 Å². The van der Waals surface area contributed by atoms with E-state index in [1.54, 1.807) is 34.5 Å². The molecule has 1 aliphatic heterocycles. The molecule has 1 fully saturated rings. The quantitative estimate of drug-likeness (QED) is 0.503. The maximum absolute atomic E-state index is 13.0. The number of halogens is 3. The first-order valence-corrected chi connectivity index (χ1v) is 10.6. The number of nitrogens with zero attached hydrogens (tertiary/aromatic N) is 1. The first-order valence-electron chi connectivity index (χ1n) is 10.6. The molecule has 0 bridgehead atoms. The number of ether oxygens (including phenoxy) is 2. The second-order valence-electron chi connectivity index (χ2n) is 7.74. The molecule has 9 nitrogen and oxygen atoms in total. The van der Waals surface area contributed by atoms with Crippen LogP contribution in [-0.4, -0.2) is 68.3 Å². The summed E-state index contributed by atoms with van der Waals surface area (Å²) in [6.07, 6.45) is -6.45. The Labute approximate surface area is 199 Å². The van der Waals surface area contributed by atoms with Crippen LogP contribution in [0.4, 0.5) is 13.2 Å². The SMILES string of the molecule is COc1cccc(C(=O)N2CCOCC2CNC(=O)c2ccc(C(N)NC(=O)C(F)(F)F)cc2)c1. The molecule has 0 saturated carbocycles. The molecule has 188 valence electrons. The van der Waals surface area contributed by atoms with Gasteiger partial charge in [0.05, 0.1) is 26.4 Å². The summed E-state index contributed by atoms with van der Waals surface area (Å²) in [5, 5.41) is 4.38. The van der Waals surface area contributed by atoms with Gasteiger partial charge in [-0.05, 0) is 35.9 Å². The monoisotopic (exact) mass is 494 g/mol. The van der Waals surface area contributed by atoms with E-state index in [-0.39, 0.29) is 30.2 Å². The number of carbonyl (C=O) groups is 3. The molecule has 4 N–H and O–H groups in total. The second-order valence-corrected chi connectivity index (χ2v) is 7.74. The van der Waals surface area contributed by atoms with Crippen molar-refractivity contribution in [3.8, 4) is 5.75 Å². The van der Waals surface area contributed by atoms with Crippen molar-refractivity contribution in [3.63, 3.8) is 0 Å². The van der Waals surface area contributed by atoms with E-state index in [0.29, 0.717) is 24.5 Å². The summed E-state index contributed by atoms with van der Waals surface area (Å²) in [6, 6.07) is 11.8. The summed E-state index contributed by atoms with van der Waals surface area (Å²) in [4.78, 5) is 38.3. The molecular weight excluding hydrogens is 469 g/mol. The first kappa shape index (κ1) is 26.0. The Hall–Kier alpha value is -3.64. The molecule has 1 heterocycles. The summed E-state index contributed by atoms with van der Waals surface area (Å²) in [5.41, 5.74) is 6.46. The summed E-state index contributed by atoms with van der Waals surface area (Å²) in [6.45, 7) is 1.08. The highest BCUT2D eigenvalue weighted by Gasteiger charge is 2.39. The Balaban J connectivity index is 1.60. The Kier molecular flexibility index (Phi) is 8.30. The van der Waals surface area contributed by atoms with Gasteiger partial charge >= 0.3 is 12.1 Å². The third kappa shape index (κ3) is 6.70. The van der Waals surface area contributed by atoms with Crippen molar-refractivity contribution in [1.29, 1.82) is 0 Å². The van der Waals surface area contributed by atoms with Gasteiger partial charge in [-0.15, -0.1) is 0 Å². The predicted molar refractivity (Wildman–Crippen MR) is 119 cm³/mol. The number of benzene rings is 2. The van der Waals surface area contributed by atoms with Crippen LogP contribution in [0.1, 0.15) is 32.4 Å². The zero-order chi connectivity index (χ0) is 25.6. The van der Waals surface area contributed by atoms with Gasteiger partial charge in [-0.1, -0.05) is 18.2 Å². The highest BCUT2D eigenvalue weighted by molar-refractivity contribution is 5.95. The van der Waals surface area contributed by atoms with Crippen LogP contribution in [0, 0.1) is 0 Å². The summed E-state index contributed by atoms with van der Waals surface area (Å²) in [5.74, 6) is -2.28. The Bertz CT molecular complexity index is 1060. The molecule has 1 aliphatic rings. The van der Waals surface area contributed by atoms with E-state index in [0.717, 1.165) is 0 Å². The van der Waals surface area contributed by atoms with Crippen molar-refractivity contribution in [1.82, 2.24) is 15.5 Å². The van der Waals surface area contributed by atoms with Gasteiger partial charge in [-0.25, -0.2) is 0 Å². The number of morpholine rings is 1. The maximum Gasteiger partial charge on any atom is 0.471 e. The number of hydrogen-bond acceptors (Lipinski definition) is 6. The Morgan fingerprint density at radius 3 is 2.54 bits per heavy atom. The molecule has 35 heavy (non-hydrogen) atoms. The van der Waals surface area contributed by atoms with Gasteiger partial charge in [0.2, 0.25) is 0 Å². The van der Waals surface area contributed by atoms with E-state index in [2.05, 4.69) is 5.32 Å². The molecule has 0 aromatic heterocycles. The number of nitrogens with one attached hydrogen (secondary N) is 2. The fraction of sp³-hybridized carbons (Fsp3) is 0.348. The van der Waals surface area contributed by atoms with E-state index >= 15 is 0 Å².